The van der Waals surface area contributed by atoms with Gasteiger partial charge in [-0.15, -0.1) is 0 Å². The summed E-state index contributed by atoms with van der Waals surface area (Å²) in [6, 6.07) is 0. The quantitative estimate of drug-likeness (QED) is 0.758. The molecule has 0 saturated heterocycles. The van der Waals surface area contributed by atoms with Crippen molar-refractivity contribution in [2.75, 3.05) is 27.7 Å². The van der Waals surface area contributed by atoms with Crippen molar-refractivity contribution in [3.63, 3.8) is 0 Å². The molecule has 1 aromatic rings. The summed E-state index contributed by atoms with van der Waals surface area (Å²) < 4.78 is 1.96. The summed E-state index contributed by atoms with van der Waals surface area (Å²) in [5.41, 5.74) is 2.78. The van der Waals surface area contributed by atoms with Gasteiger partial charge in [-0.1, -0.05) is 13.8 Å². The zero-order valence-electron chi connectivity index (χ0n) is 12.3. The molecule has 0 unspecified atom stereocenters. The van der Waals surface area contributed by atoms with Crippen LogP contribution in [0.25, 0.3) is 0 Å². The molecular formula is C13H24N4O. The van der Waals surface area contributed by atoms with Crippen molar-refractivity contribution in [3.8, 4) is 0 Å². The van der Waals surface area contributed by atoms with Crippen molar-refractivity contribution in [1.82, 2.24) is 19.6 Å². The van der Waals surface area contributed by atoms with E-state index in [1.165, 1.54) is 5.69 Å². The molecule has 1 amide bonds. The summed E-state index contributed by atoms with van der Waals surface area (Å²) in [5, 5.41) is 4.40. The minimum atomic E-state index is -0.0120. The van der Waals surface area contributed by atoms with Gasteiger partial charge in [0.2, 0.25) is 0 Å². The monoisotopic (exact) mass is 252 g/mol. The zero-order valence-corrected chi connectivity index (χ0v) is 12.3. The van der Waals surface area contributed by atoms with E-state index in [4.69, 9.17) is 0 Å². The molecule has 1 aromatic heterocycles. The molecule has 0 fully saturated rings. The summed E-state index contributed by atoms with van der Waals surface area (Å²) in [7, 11) is 5.60. The Kier molecular flexibility index (Phi) is 4.90. The number of carbonyl (C=O) groups excluding carboxylic acids is 1. The number of amides is 1. The van der Waals surface area contributed by atoms with Crippen LogP contribution < -0.4 is 0 Å². The number of likely N-dealkylation sites (N-methyl/N-ethyl adjacent to an activating group) is 1. The van der Waals surface area contributed by atoms with Crippen LogP contribution in [0.4, 0.5) is 0 Å². The maximum absolute atomic E-state index is 11.9. The fraction of sp³-hybridized carbons (Fsp3) is 0.692. The van der Waals surface area contributed by atoms with Crippen LogP contribution in [0.5, 0.6) is 0 Å². The fourth-order valence-electron chi connectivity index (χ4n) is 1.99. The van der Waals surface area contributed by atoms with Gasteiger partial charge in [-0.05, 0) is 14.0 Å². The number of carbonyl (C=O) groups is 1. The normalized spacial score (nSPS) is 14.6. The van der Waals surface area contributed by atoms with Crippen LogP contribution in [0.1, 0.15) is 35.6 Å². The second kappa shape index (κ2) is 6.00. The first-order valence-electron chi connectivity index (χ1n) is 6.47. The molecule has 0 radical (unpaired) electrons. The van der Waals surface area contributed by atoms with E-state index in [1.807, 2.05) is 25.5 Å². The number of nitrogens with zero attached hydrogens (tertiary/aromatic N) is 4. The van der Waals surface area contributed by atoms with Crippen molar-refractivity contribution in [2.45, 2.75) is 33.9 Å². The van der Waals surface area contributed by atoms with E-state index < -0.39 is 0 Å². The van der Waals surface area contributed by atoms with Gasteiger partial charge in [-0.25, -0.2) is 0 Å². The number of hydrogen-bond donors (Lipinski definition) is 0. The second-order valence-electron chi connectivity index (χ2n) is 4.58. The van der Waals surface area contributed by atoms with Gasteiger partial charge >= 0.3 is 0 Å². The Labute approximate surface area is 109 Å². The van der Waals surface area contributed by atoms with Crippen LogP contribution in [-0.4, -0.2) is 53.2 Å². The van der Waals surface area contributed by atoms with Gasteiger partial charge in [0.1, 0.15) is 0 Å². The second-order valence-corrected chi connectivity index (χ2v) is 4.58. The number of rotatable bonds is 1. The Bertz CT molecular complexity index is 423. The third kappa shape index (κ3) is 2.72. The highest BCUT2D eigenvalue weighted by Crippen LogP contribution is 2.19. The van der Waals surface area contributed by atoms with Gasteiger partial charge in [0, 0.05) is 32.7 Å². The predicted octanol–water partition coefficient (Wildman–Crippen LogP) is 1.36. The minimum Gasteiger partial charge on any atom is -0.343 e. The predicted molar refractivity (Wildman–Crippen MR) is 72.7 cm³/mol. The molecule has 2 heterocycles. The molecule has 0 atom stereocenters. The lowest BCUT2D eigenvalue weighted by Gasteiger charge is -2.23. The first-order chi connectivity index (χ1) is 8.50. The highest BCUT2D eigenvalue weighted by molar-refractivity contribution is 5.93. The average molecular weight is 252 g/mol. The lowest BCUT2D eigenvalue weighted by molar-refractivity contribution is 0.0820. The van der Waals surface area contributed by atoms with Crippen LogP contribution in [0.15, 0.2) is 0 Å². The largest absolute Gasteiger partial charge is 0.343 e. The standard InChI is InChI=1S/C11H18N4O.C2H6/c1-8-9-7-14(4)5-6-15(9)12-10(8)11(16)13(2)3;1-2/h5-7H2,1-4H3;1-2H3. The maximum atomic E-state index is 11.9. The Hall–Kier alpha value is -1.36. The molecule has 0 bridgehead atoms. The lowest BCUT2D eigenvalue weighted by Crippen LogP contribution is -2.30. The molecular weight excluding hydrogens is 228 g/mol. The highest BCUT2D eigenvalue weighted by Gasteiger charge is 2.24. The van der Waals surface area contributed by atoms with Crippen LogP contribution in [0.3, 0.4) is 0 Å². The van der Waals surface area contributed by atoms with Gasteiger partial charge in [0.25, 0.3) is 5.91 Å². The molecule has 0 aromatic carbocycles. The molecule has 5 heteroatoms. The van der Waals surface area contributed by atoms with E-state index in [9.17, 15) is 4.79 Å². The van der Waals surface area contributed by atoms with E-state index in [0.29, 0.717) is 5.69 Å². The Morgan fingerprint density at radius 1 is 1.28 bits per heavy atom. The highest BCUT2D eigenvalue weighted by atomic mass is 16.2. The number of aromatic nitrogens is 2. The molecule has 5 nitrogen and oxygen atoms in total. The van der Waals surface area contributed by atoms with Crippen molar-refractivity contribution < 1.29 is 4.79 Å². The molecule has 0 N–H and O–H groups in total. The SMILES string of the molecule is CC.Cc1c(C(=O)N(C)C)nn2c1CN(C)CC2. The van der Waals surface area contributed by atoms with E-state index in [-0.39, 0.29) is 5.91 Å². The molecule has 0 aliphatic carbocycles. The average Bonchev–Trinajstić information content (AvgIpc) is 2.68. The van der Waals surface area contributed by atoms with Gasteiger partial charge in [0.15, 0.2) is 5.69 Å². The van der Waals surface area contributed by atoms with Crippen LogP contribution in [0.2, 0.25) is 0 Å². The van der Waals surface area contributed by atoms with Crippen LogP contribution >= 0.6 is 0 Å². The third-order valence-corrected chi connectivity index (χ3v) is 3.04. The lowest BCUT2D eigenvalue weighted by atomic mass is 10.1. The third-order valence-electron chi connectivity index (χ3n) is 3.04. The Balaban J connectivity index is 0.000000771. The maximum Gasteiger partial charge on any atom is 0.274 e. The van der Waals surface area contributed by atoms with E-state index in [1.54, 1.807) is 19.0 Å². The fourth-order valence-corrected chi connectivity index (χ4v) is 1.99. The summed E-state index contributed by atoms with van der Waals surface area (Å²) in [4.78, 5) is 15.7. The topological polar surface area (TPSA) is 41.4 Å². The molecule has 2 rings (SSSR count). The van der Waals surface area contributed by atoms with E-state index >= 15 is 0 Å². The molecule has 18 heavy (non-hydrogen) atoms. The van der Waals surface area contributed by atoms with Gasteiger partial charge in [-0.2, -0.15) is 5.10 Å². The first-order valence-corrected chi connectivity index (χ1v) is 6.47. The Morgan fingerprint density at radius 3 is 2.44 bits per heavy atom. The Morgan fingerprint density at radius 2 is 1.89 bits per heavy atom. The first kappa shape index (κ1) is 14.7. The molecule has 1 aliphatic heterocycles. The van der Waals surface area contributed by atoms with E-state index in [0.717, 1.165) is 25.2 Å². The molecule has 1 aliphatic rings. The molecule has 0 spiro atoms. The summed E-state index contributed by atoms with van der Waals surface area (Å²) in [6.45, 7) is 8.71. The summed E-state index contributed by atoms with van der Waals surface area (Å²) in [5.74, 6) is -0.0120. The zero-order chi connectivity index (χ0) is 13.9. The van der Waals surface area contributed by atoms with Crippen LogP contribution in [0, 0.1) is 6.92 Å². The summed E-state index contributed by atoms with van der Waals surface area (Å²) >= 11 is 0. The van der Waals surface area contributed by atoms with Crippen molar-refractivity contribution >= 4 is 5.91 Å². The molecule has 0 saturated carbocycles. The summed E-state index contributed by atoms with van der Waals surface area (Å²) in [6.07, 6.45) is 0. The van der Waals surface area contributed by atoms with Crippen molar-refractivity contribution in [3.05, 3.63) is 17.0 Å². The smallest absolute Gasteiger partial charge is 0.274 e. The number of fused-ring (bicyclic) bond motifs is 1. The van der Waals surface area contributed by atoms with Gasteiger partial charge in [-0.3, -0.25) is 14.4 Å². The number of hydrogen-bond acceptors (Lipinski definition) is 3. The van der Waals surface area contributed by atoms with Crippen LogP contribution in [-0.2, 0) is 13.1 Å². The van der Waals surface area contributed by atoms with Gasteiger partial charge in [0.05, 0.1) is 12.2 Å². The van der Waals surface area contributed by atoms with Crippen molar-refractivity contribution in [1.29, 1.82) is 0 Å². The van der Waals surface area contributed by atoms with Crippen molar-refractivity contribution in [2.24, 2.45) is 0 Å². The minimum absolute atomic E-state index is 0.0120. The molecule has 102 valence electrons. The van der Waals surface area contributed by atoms with Gasteiger partial charge < -0.3 is 4.90 Å². The van der Waals surface area contributed by atoms with E-state index in [2.05, 4.69) is 17.0 Å².